The molecule has 4 aliphatic carbocycles. The molecule has 1 heterocycles. The Morgan fingerprint density at radius 1 is 1.04 bits per heavy atom. The minimum atomic E-state index is -0.0845. The van der Waals surface area contributed by atoms with E-state index in [0.717, 1.165) is 36.5 Å². The summed E-state index contributed by atoms with van der Waals surface area (Å²) in [6, 6.07) is 0. The van der Waals surface area contributed by atoms with Crippen molar-refractivity contribution in [3.63, 3.8) is 0 Å². The second kappa shape index (κ2) is 7.27. The van der Waals surface area contributed by atoms with E-state index in [2.05, 4.69) is 31.3 Å². The third-order valence-corrected chi connectivity index (χ3v) is 10.0. The SMILES string of the molecule is C[C@]12CC[C@H](O)CC1=CC[C@@H]1[C@@H]2CC[C@]2(C)C(CCC3CCCNC3)=CC[C@@H]12. The Morgan fingerprint density at radius 2 is 1.89 bits per heavy atom. The molecule has 3 fully saturated rings. The fraction of sp³-hybridized carbons (Fsp3) is 0.846. The number of piperidine rings is 1. The summed E-state index contributed by atoms with van der Waals surface area (Å²) in [4.78, 5) is 0. The number of aliphatic hydroxyl groups is 1. The van der Waals surface area contributed by atoms with Crippen LogP contribution >= 0.6 is 0 Å². The van der Waals surface area contributed by atoms with E-state index in [4.69, 9.17) is 0 Å². The fourth-order valence-electron chi connectivity index (χ4n) is 8.22. The highest BCUT2D eigenvalue weighted by Gasteiger charge is 2.56. The van der Waals surface area contributed by atoms with Crippen LogP contribution in [-0.2, 0) is 0 Å². The summed E-state index contributed by atoms with van der Waals surface area (Å²) < 4.78 is 0. The van der Waals surface area contributed by atoms with Crippen LogP contribution in [-0.4, -0.2) is 24.3 Å². The minimum absolute atomic E-state index is 0.0845. The van der Waals surface area contributed by atoms with Gasteiger partial charge >= 0.3 is 0 Å². The summed E-state index contributed by atoms with van der Waals surface area (Å²) >= 11 is 0. The van der Waals surface area contributed by atoms with E-state index in [1.807, 2.05) is 5.57 Å². The van der Waals surface area contributed by atoms with E-state index in [1.54, 1.807) is 5.57 Å². The van der Waals surface area contributed by atoms with Gasteiger partial charge in [0, 0.05) is 0 Å². The van der Waals surface area contributed by atoms with Gasteiger partial charge in [0.15, 0.2) is 0 Å². The highest BCUT2D eigenvalue weighted by molar-refractivity contribution is 5.30. The summed E-state index contributed by atoms with van der Waals surface area (Å²) in [5.41, 5.74) is 4.27. The zero-order valence-electron chi connectivity index (χ0n) is 18.2. The quantitative estimate of drug-likeness (QED) is 0.619. The number of aliphatic hydroxyl groups excluding tert-OH is 1. The summed E-state index contributed by atoms with van der Waals surface area (Å²) in [6.07, 6.45) is 19.3. The van der Waals surface area contributed by atoms with Gasteiger partial charge < -0.3 is 10.4 Å². The first-order valence-electron chi connectivity index (χ1n) is 12.3. The van der Waals surface area contributed by atoms with Crippen molar-refractivity contribution in [2.75, 3.05) is 13.1 Å². The van der Waals surface area contributed by atoms with Gasteiger partial charge in [-0.25, -0.2) is 0 Å². The van der Waals surface area contributed by atoms with Crippen LogP contribution in [0, 0.1) is 34.5 Å². The molecule has 1 aliphatic heterocycles. The molecule has 156 valence electrons. The van der Waals surface area contributed by atoms with Gasteiger partial charge in [-0.15, -0.1) is 0 Å². The van der Waals surface area contributed by atoms with E-state index in [-0.39, 0.29) is 6.10 Å². The van der Waals surface area contributed by atoms with Crippen molar-refractivity contribution >= 4 is 0 Å². The predicted octanol–water partition coefficient (Wildman–Crippen LogP) is 5.63. The smallest absolute Gasteiger partial charge is 0.0577 e. The minimum Gasteiger partial charge on any atom is -0.393 e. The van der Waals surface area contributed by atoms with Gasteiger partial charge in [0.25, 0.3) is 0 Å². The maximum Gasteiger partial charge on any atom is 0.0577 e. The summed E-state index contributed by atoms with van der Waals surface area (Å²) in [7, 11) is 0. The first-order chi connectivity index (χ1) is 13.5. The summed E-state index contributed by atoms with van der Waals surface area (Å²) in [6.45, 7) is 7.64. The van der Waals surface area contributed by atoms with Crippen LogP contribution in [0.4, 0.5) is 0 Å². The summed E-state index contributed by atoms with van der Waals surface area (Å²) in [5, 5.41) is 13.8. The van der Waals surface area contributed by atoms with E-state index in [0.29, 0.717) is 10.8 Å². The normalized spacial score (nSPS) is 48.2. The Morgan fingerprint density at radius 3 is 2.71 bits per heavy atom. The average molecular weight is 384 g/mol. The van der Waals surface area contributed by atoms with Crippen molar-refractivity contribution in [3.8, 4) is 0 Å². The first kappa shape index (κ1) is 19.4. The van der Waals surface area contributed by atoms with Crippen LogP contribution in [0.1, 0.15) is 84.5 Å². The molecule has 0 aromatic heterocycles. The molecule has 1 saturated heterocycles. The van der Waals surface area contributed by atoms with Crippen LogP contribution in [0.5, 0.6) is 0 Å². The van der Waals surface area contributed by atoms with Crippen LogP contribution in [0.15, 0.2) is 23.3 Å². The third-order valence-electron chi connectivity index (χ3n) is 10.0. The molecule has 7 atom stereocenters. The monoisotopic (exact) mass is 383 g/mol. The molecule has 2 N–H and O–H groups in total. The number of hydrogen-bond acceptors (Lipinski definition) is 2. The molecule has 0 amide bonds. The predicted molar refractivity (Wildman–Crippen MR) is 116 cm³/mol. The standard InChI is InChI=1S/C26H41NO/c1-25-14-12-24-22(9-7-20-16-21(28)11-13-26(20,24)2)23(25)10-8-19(25)6-5-18-4-3-15-27-17-18/h7-8,18,21-24,27-28H,3-6,9-17H2,1-2H3/t18?,21-,22-,23-,24-,25+,26-/m0/s1. The Kier molecular flexibility index (Phi) is 5.03. The topological polar surface area (TPSA) is 32.3 Å². The summed E-state index contributed by atoms with van der Waals surface area (Å²) in [5.74, 6) is 3.50. The number of nitrogens with one attached hydrogen (secondary N) is 1. The Hall–Kier alpha value is -0.600. The van der Waals surface area contributed by atoms with Crippen LogP contribution in [0.25, 0.3) is 0 Å². The van der Waals surface area contributed by atoms with E-state index >= 15 is 0 Å². The molecule has 2 nitrogen and oxygen atoms in total. The first-order valence-corrected chi connectivity index (χ1v) is 12.3. The second-order valence-electron chi connectivity index (χ2n) is 11.3. The molecule has 0 spiro atoms. The van der Waals surface area contributed by atoms with Gasteiger partial charge in [-0.3, -0.25) is 0 Å². The molecule has 0 aromatic rings. The van der Waals surface area contributed by atoms with Crippen LogP contribution in [0.3, 0.4) is 0 Å². The lowest BCUT2D eigenvalue weighted by atomic mass is 9.47. The number of hydrogen-bond donors (Lipinski definition) is 2. The van der Waals surface area contributed by atoms with Gasteiger partial charge in [-0.2, -0.15) is 0 Å². The highest BCUT2D eigenvalue weighted by atomic mass is 16.3. The van der Waals surface area contributed by atoms with Gasteiger partial charge in [0.2, 0.25) is 0 Å². The van der Waals surface area contributed by atoms with Gasteiger partial charge in [-0.05, 0) is 118 Å². The molecule has 0 aromatic carbocycles. The molecule has 28 heavy (non-hydrogen) atoms. The Bertz CT molecular complexity index is 659. The highest BCUT2D eigenvalue weighted by Crippen LogP contribution is 2.65. The van der Waals surface area contributed by atoms with E-state index in [9.17, 15) is 5.11 Å². The van der Waals surface area contributed by atoms with Gasteiger partial charge in [-0.1, -0.05) is 37.1 Å². The average Bonchev–Trinajstić information content (AvgIpc) is 3.04. The number of allylic oxidation sites excluding steroid dienone is 3. The van der Waals surface area contributed by atoms with Crippen molar-refractivity contribution in [1.29, 1.82) is 0 Å². The fourth-order valence-corrected chi connectivity index (χ4v) is 8.22. The van der Waals surface area contributed by atoms with Gasteiger partial charge in [0.05, 0.1) is 6.10 Å². The van der Waals surface area contributed by atoms with Crippen molar-refractivity contribution in [2.45, 2.75) is 90.6 Å². The lowest BCUT2D eigenvalue weighted by molar-refractivity contribution is -0.0302. The molecule has 2 heteroatoms. The van der Waals surface area contributed by atoms with Crippen LogP contribution < -0.4 is 5.32 Å². The second-order valence-corrected chi connectivity index (χ2v) is 11.3. The number of fused-ring (bicyclic) bond motifs is 5. The third kappa shape index (κ3) is 3.05. The zero-order chi connectivity index (χ0) is 19.4. The Balaban J connectivity index is 1.30. The zero-order valence-corrected chi connectivity index (χ0v) is 18.2. The molecule has 0 bridgehead atoms. The molecular formula is C26H41NO. The lowest BCUT2D eigenvalue weighted by Gasteiger charge is -2.57. The number of rotatable bonds is 3. The van der Waals surface area contributed by atoms with Gasteiger partial charge in [0.1, 0.15) is 0 Å². The van der Waals surface area contributed by atoms with Crippen molar-refractivity contribution < 1.29 is 5.11 Å². The van der Waals surface area contributed by atoms with E-state index in [1.165, 1.54) is 70.9 Å². The molecule has 0 radical (unpaired) electrons. The lowest BCUT2D eigenvalue weighted by Crippen LogP contribution is -2.50. The molecular weight excluding hydrogens is 342 g/mol. The molecule has 5 aliphatic rings. The maximum absolute atomic E-state index is 10.2. The van der Waals surface area contributed by atoms with Crippen molar-refractivity contribution in [2.24, 2.45) is 34.5 Å². The van der Waals surface area contributed by atoms with Crippen molar-refractivity contribution in [3.05, 3.63) is 23.3 Å². The molecule has 5 rings (SSSR count). The van der Waals surface area contributed by atoms with Crippen LogP contribution in [0.2, 0.25) is 0 Å². The largest absolute Gasteiger partial charge is 0.393 e. The molecule has 1 unspecified atom stereocenters. The maximum atomic E-state index is 10.2. The van der Waals surface area contributed by atoms with E-state index < -0.39 is 0 Å². The molecule has 2 saturated carbocycles. The Labute approximate surface area is 172 Å². The van der Waals surface area contributed by atoms with Crippen molar-refractivity contribution in [1.82, 2.24) is 5.32 Å².